The molecule has 0 bridgehead atoms. The summed E-state index contributed by atoms with van der Waals surface area (Å²) in [6, 6.07) is 20.0. The molecule has 5 amide bonds. The summed E-state index contributed by atoms with van der Waals surface area (Å²) in [5.41, 5.74) is 10.7. The van der Waals surface area contributed by atoms with Crippen molar-refractivity contribution in [2.24, 2.45) is 11.7 Å². The smallest absolute Gasteiger partial charge is 0.407 e. The number of primary amides is 1. The van der Waals surface area contributed by atoms with Gasteiger partial charge in [0.15, 0.2) is 0 Å². The molecule has 11 heteroatoms. The first-order chi connectivity index (χ1) is 21.2. The van der Waals surface area contributed by atoms with Crippen molar-refractivity contribution in [3.63, 3.8) is 0 Å². The number of fused-ring (bicyclic) bond motifs is 3. The van der Waals surface area contributed by atoms with Crippen LogP contribution >= 0.6 is 0 Å². The topological polar surface area (TPSA) is 172 Å². The normalized spacial score (nSPS) is 13.3. The van der Waals surface area contributed by atoms with E-state index in [1.54, 1.807) is 38.1 Å². The number of aliphatic hydroxyl groups is 1. The van der Waals surface area contributed by atoms with E-state index < -0.39 is 36.0 Å². The van der Waals surface area contributed by atoms with Crippen molar-refractivity contribution in [3.05, 3.63) is 89.5 Å². The van der Waals surface area contributed by atoms with E-state index in [1.807, 2.05) is 48.5 Å². The van der Waals surface area contributed by atoms with Crippen molar-refractivity contribution in [2.75, 3.05) is 18.5 Å². The van der Waals surface area contributed by atoms with Crippen LogP contribution in [0.5, 0.6) is 0 Å². The van der Waals surface area contributed by atoms with Crippen LogP contribution in [-0.4, -0.2) is 54.3 Å². The van der Waals surface area contributed by atoms with E-state index >= 15 is 0 Å². The van der Waals surface area contributed by atoms with Gasteiger partial charge in [-0.2, -0.15) is 0 Å². The quantitative estimate of drug-likeness (QED) is 0.163. The van der Waals surface area contributed by atoms with Gasteiger partial charge in [0.25, 0.3) is 0 Å². The van der Waals surface area contributed by atoms with Crippen LogP contribution < -0.4 is 27.0 Å². The molecule has 44 heavy (non-hydrogen) atoms. The van der Waals surface area contributed by atoms with Gasteiger partial charge < -0.3 is 36.8 Å². The minimum absolute atomic E-state index is 0.0965. The molecule has 1 aliphatic rings. The number of alkyl carbamates (subject to hydrolysis) is 1. The van der Waals surface area contributed by atoms with Gasteiger partial charge in [-0.3, -0.25) is 9.59 Å². The van der Waals surface area contributed by atoms with E-state index in [-0.39, 0.29) is 38.0 Å². The molecule has 0 aliphatic heterocycles. The van der Waals surface area contributed by atoms with Crippen molar-refractivity contribution >= 4 is 29.6 Å². The van der Waals surface area contributed by atoms with Crippen LogP contribution in [0.25, 0.3) is 11.1 Å². The number of urea groups is 1. The second-order valence-electron chi connectivity index (χ2n) is 11.0. The number of amides is 5. The molecule has 0 spiro atoms. The van der Waals surface area contributed by atoms with E-state index in [1.165, 1.54) is 0 Å². The Bertz CT molecular complexity index is 1430. The zero-order chi connectivity index (χ0) is 31.6. The van der Waals surface area contributed by atoms with Crippen LogP contribution in [0.15, 0.2) is 72.8 Å². The first-order valence-electron chi connectivity index (χ1n) is 14.6. The molecule has 3 aromatic carbocycles. The number of rotatable bonds is 13. The monoisotopic (exact) mass is 601 g/mol. The molecule has 3 aromatic rings. The highest BCUT2D eigenvalue weighted by Crippen LogP contribution is 2.44. The number of nitrogens with two attached hydrogens (primary N) is 1. The molecule has 0 saturated heterocycles. The molecule has 0 fully saturated rings. The molecule has 2 atom stereocenters. The van der Waals surface area contributed by atoms with Crippen LogP contribution in [0.2, 0.25) is 0 Å². The lowest BCUT2D eigenvalue weighted by atomic mass is 9.98. The van der Waals surface area contributed by atoms with Crippen LogP contribution in [0.4, 0.5) is 15.3 Å². The Labute approximate surface area is 256 Å². The molecule has 7 N–H and O–H groups in total. The first-order valence-corrected chi connectivity index (χ1v) is 14.6. The van der Waals surface area contributed by atoms with E-state index in [0.717, 1.165) is 22.3 Å². The molecule has 0 heterocycles. The molecule has 4 rings (SSSR count). The van der Waals surface area contributed by atoms with Gasteiger partial charge in [-0.25, -0.2) is 9.59 Å². The summed E-state index contributed by atoms with van der Waals surface area (Å²) in [6.07, 6.45) is -0.185. The summed E-state index contributed by atoms with van der Waals surface area (Å²) >= 11 is 0. The van der Waals surface area contributed by atoms with E-state index in [4.69, 9.17) is 10.5 Å². The molecule has 0 aromatic heterocycles. The molecule has 0 saturated carbocycles. The average Bonchev–Trinajstić information content (AvgIpc) is 3.33. The fraction of sp³-hybridized carbons (Fsp3) is 0.333. The minimum Gasteiger partial charge on any atom is -0.449 e. The largest absolute Gasteiger partial charge is 0.449 e. The molecule has 0 unspecified atom stereocenters. The number of nitrogens with one attached hydrogen (secondary N) is 4. The second kappa shape index (κ2) is 15.0. The summed E-state index contributed by atoms with van der Waals surface area (Å²) < 4.78 is 5.64. The molecule has 11 nitrogen and oxygen atoms in total. The predicted molar refractivity (Wildman–Crippen MR) is 167 cm³/mol. The summed E-state index contributed by atoms with van der Waals surface area (Å²) in [6.45, 7) is 3.74. The Kier molecular flexibility index (Phi) is 10.9. The van der Waals surface area contributed by atoms with Gasteiger partial charge in [0.05, 0.1) is 6.61 Å². The number of ether oxygens (including phenoxy) is 1. The van der Waals surface area contributed by atoms with E-state index in [9.17, 15) is 24.3 Å². The molecule has 232 valence electrons. The van der Waals surface area contributed by atoms with Crippen LogP contribution in [0.3, 0.4) is 0 Å². The van der Waals surface area contributed by atoms with Crippen molar-refractivity contribution in [3.8, 4) is 11.1 Å². The molecule has 1 aliphatic carbocycles. The fourth-order valence-electron chi connectivity index (χ4n) is 5.27. The second-order valence-corrected chi connectivity index (χ2v) is 11.0. The molecular weight excluding hydrogens is 562 g/mol. The maximum absolute atomic E-state index is 13.4. The highest BCUT2D eigenvalue weighted by molar-refractivity contribution is 5.98. The Morgan fingerprint density at radius 2 is 1.48 bits per heavy atom. The number of hydrogen-bond donors (Lipinski definition) is 6. The maximum Gasteiger partial charge on any atom is 0.407 e. The average molecular weight is 602 g/mol. The minimum atomic E-state index is -0.978. The van der Waals surface area contributed by atoms with E-state index in [0.29, 0.717) is 17.7 Å². The highest BCUT2D eigenvalue weighted by Gasteiger charge is 2.32. The standard InChI is InChI=1S/C33H39N5O6/c1-20(2)29(38-33(43)44-19-27-25-10-5-3-8-23(25)24-9-4-6-11-26(24)27)31(41)37-28(12-7-17-35-32(34)42)30(40)36-22-15-13-21(18-39)14-16-22/h3-6,8-11,13-16,20,27-29,39H,7,12,17-19H2,1-2H3,(H,36,40)(H,37,41)(H,38,43)(H3,34,35,42)/t28-,29+/m0/s1. The maximum atomic E-state index is 13.4. The predicted octanol–water partition coefficient (Wildman–Crippen LogP) is 3.61. The number of hydrogen-bond acceptors (Lipinski definition) is 6. The van der Waals surface area contributed by atoms with Gasteiger partial charge in [-0.15, -0.1) is 0 Å². The van der Waals surface area contributed by atoms with Crippen molar-refractivity contribution in [1.82, 2.24) is 16.0 Å². The van der Waals surface area contributed by atoms with Crippen molar-refractivity contribution in [1.29, 1.82) is 0 Å². The summed E-state index contributed by atoms with van der Waals surface area (Å²) in [5.74, 6) is -1.47. The lowest BCUT2D eigenvalue weighted by Crippen LogP contribution is -2.54. The lowest BCUT2D eigenvalue weighted by molar-refractivity contribution is -0.128. The number of aliphatic hydroxyl groups excluding tert-OH is 1. The Hall–Kier alpha value is -4.90. The number of anilines is 1. The highest BCUT2D eigenvalue weighted by atomic mass is 16.5. The third-order valence-electron chi connectivity index (χ3n) is 7.57. The molecule has 0 radical (unpaired) electrons. The number of carbonyl (C=O) groups excluding carboxylic acids is 4. The number of benzene rings is 3. The molecular formula is C33H39N5O6. The third-order valence-corrected chi connectivity index (χ3v) is 7.57. The summed E-state index contributed by atoms with van der Waals surface area (Å²) in [4.78, 5) is 50.7. The van der Waals surface area contributed by atoms with Crippen LogP contribution in [0.1, 0.15) is 49.3 Å². The van der Waals surface area contributed by atoms with Gasteiger partial charge in [-0.05, 0) is 58.7 Å². The zero-order valence-corrected chi connectivity index (χ0v) is 24.8. The summed E-state index contributed by atoms with van der Waals surface area (Å²) in [5, 5.41) is 19.9. The first kappa shape index (κ1) is 32.0. The Morgan fingerprint density at radius 3 is 2.05 bits per heavy atom. The van der Waals surface area contributed by atoms with Crippen molar-refractivity contribution in [2.45, 2.75) is 51.3 Å². The van der Waals surface area contributed by atoms with Crippen LogP contribution in [0, 0.1) is 5.92 Å². The lowest BCUT2D eigenvalue weighted by Gasteiger charge is -2.25. The van der Waals surface area contributed by atoms with Gasteiger partial charge in [-0.1, -0.05) is 74.5 Å². The van der Waals surface area contributed by atoms with E-state index in [2.05, 4.69) is 21.3 Å². The summed E-state index contributed by atoms with van der Waals surface area (Å²) in [7, 11) is 0. The van der Waals surface area contributed by atoms with Gasteiger partial charge in [0.2, 0.25) is 11.8 Å². The fourth-order valence-corrected chi connectivity index (χ4v) is 5.27. The van der Waals surface area contributed by atoms with Gasteiger partial charge >= 0.3 is 12.1 Å². The van der Waals surface area contributed by atoms with Crippen LogP contribution in [-0.2, 0) is 20.9 Å². The SMILES string of the molecule is CC(C)[C@@H](NC(=O)OCC1c2ccccc2-c2ccccc21)C(=O)N[C@@H](CCCNC(N)=O)C(=O)Nc1ccc(CO)cc1. The van der Waals surface area contributed by atoms with Gasteiger partial charge in [0, 0.05) is 18.2 Å². The van der Waals surface area contributed by atoms with Crippen molar-refractivity contribution < 1.29 is 29.0 Å². The third kappa shape index (κ3) is 8.13. The Balaban J connectivity index is 1.40. The zero-order valence-electron chi connectivity index (χ0n) is 24.8. The van der Waals surface area contributed by atoms with Gasteiger partial charge in [0.1, 0.15) is 18.7 Å². The number of carbonyl (C=O) groups is 4. The Morgan fingerprint density at radius 1 is 0.864 bits per heavy atom.